The third-order valence-electron chi connectivity index (χ3n) is 2.28. The molecule has 1 aromatic carbocycles. The van der Waals surface area contributed by atoms with E-state index in [0.717, 1.165) is 11.3 Å². The smallest absolute Gasteiger partial charge is 0.226 e. The van der Waals surface area contributed by atoms with Crippen LogP contribution in [0.4, 0.5) is 0 Å². The molecule has 0 radical (unpaired) electrons. The van der Waals surface area contributed by atoms with Crippen LogP contribution in [0.25, 0.3) is 11.5 Å². The zero-order chi connectivity index (χ0) is 10.7. The number of oxazole rings is 1. The first-order valence-corrected chi connectivity index (χ1v) is 4.96. The van der Waals surface area contributed by atoms with Crippen molar-refractivity contribution in [3.63, 3.8) is 0 Å². The zero-order valence-electron chi connectivity index (χ0n) is 8.95. The van der Waals surface area contributed by atoms with Crippen molar-refractivity contribution in [2.75, 3.05) is 7.05 Å². The molecule has 0 atom stereocenters. The zero-order valence-corrected chi connectivity index (χ0v) is 8.95. The van der Waals surface area contributed by atoms with Gasteiger partial charge in [-0.3, -0.25) is 0 Å². The van der Waals surface area contributed by atoms with E-state index >= 15 is 0 Å². The molecule has 0 aliphatic carbocycles. The van der Waals surface area contributed by atoms with Crippen molar-refractivity contribution in [2.24, 2.45) is 0 Å². The van der Waals surface area contributed by atoms with Gasteiger partial charge in [-0.05, 0) is 25.6 Å². The fourth-order valence-electron chi connectivity index (χ4n) is 1.50. The second-order valence-corrected chi connectivity index (χ2v) is 3.48. The minimum Gasteiger partial charge on any atom is -0.440 e. The van der Waals surface area contributed by atoms with Crippen LogP contribution in [0, 0.1) is 6.92 Å². The van der Waals surface area contributed by atoms with E-state index in [9.17, 15) is 0 Å². The second kappa shape index (κ2) is 4.28. The van der Waals surface area contributed by atoms with Gasteiger partial charge >= 0.3 is 0 Å². The van der Waals surface area contributed by atoms with Crippen LogP contribution < -0.4 is 5.32 Å². The molecule has 0 aliphatic rings. The first-order chi connectivity index (χ1) is 7.31. The maximum Gasteiger partial charge on any atom is 0.226 e. The van der Waals surface area contributed by atoms with Gasteiger partial charge in [-0.1, -0.05) is 18.2 Å². The fraction of sp³-hybridized carbons (Fsp3) is 0.250. The van der Waals surface area contributed by atoms with Crippen LogP contribution in [0.5, 0.6) is 0 Å². The SMILES string of the molecule is CNCc1cnc(-c2ccccc2C)o1. The maximum atomic E-state index is 5.62. The van der Waals surface area contributed by atoms with E-state index in [-0.39, 0.29) is 0 Å². The molecule has 0 amide bonds. The fourth-order valence-corrected chi connectivity index (χ4v) is 1.50. The van der Waals surface area contributed by atoms with E-state index in [2.05, 4.69) is 23.3 Å². The molecule has 0 spiro atoms. The van der Waals surface area contributed by atoms with Crippen molar-refractivity contribution in [1.82, 2.24) is 10.3 Å². The molecular weight excluding hydrogens is 188 g/mol. The van der Waals surface area contributed by atoms with Gasteiger partial charge in [0.1, 0.15) is 5.76 Å². The average Bonchev–Trinajstić information content (AvgIpc) is 2.68. The Labute approximate surface area is 89.1 Å². The minimum absolute atomic E-state index is 0.693. The summed E-state index contributed by atoms with van der Waals surface area (Å²) in [6.45, 7) is 2.76. The van der Waals surface area contributed by atoms with E-state index in [1.54, 1.807) is 6.20 Å². The molecule has 0 bridgehead atoms. The third kappa shape index (κ3) is 2.07. The molecule has 1 aromatic heterocycles. The van der Waals surface area contributed by atoms with E-state index in [1.807, 2.05) is 25.2 Å². The number of nitrogens with one attached hydrogen (secondary N) is 1. The molecule has 2 aromatic rings. The summed E-state index contributed by atoms with van der Waals surface area (Å²) in [4.78, 5) is 4.26. The molecule has 1 heterocycles. The molecule has 3 heteroatoms. The highest BCUT2D eigenvalue weighted by Crippen LogP contribution is 2.22. The van der Waals surface area contributed by atoms with Crippen molar-refractivity contribution in [2.45, 2.75) is 13.5 Å². The molecule has 0 aliphatic heterocycles. The van der Waals surface area contributed by atoms with Gasteiger partial charge in [0.2, 0.25) is 5.89 Å². The van der Waals surface area contributed by atoms with Crippen LogP contribution in [-0.4, -0.2) is 12.0 Å². The van der Waals surface area contributed by atoms with Crippen molar-refractivity contribution in [3.8, 4) is 11.5 Å². The topological polar surface area (TPSA) is 38.1 Å². The van der Waals surface area contributed by atoms with Gasteiger partial charge in [-0.15, -0.1) is 0 Å². The van der Waals surface area contributed by atoms with Gasteiger partial charge in [0.05, 0.1) is 12.7 Å². The van der Waals surface area contributed by atoms with E-state index in [0.29, 0.717) is 12.4 Å². The molecule has 1 N–H and O–H groups in total. The first kappa shape index (κ1) is 9.93. The van der Waals surface area contributed by atoms with Crippen molar-refractivity contribution in [1.29, 1.82) is 0 Å². The first-order valence-electron chi connectivity index (χ1n) is 4.96. The number of hydrogen-bond donors (Lipinski definition) is 1. The largest absolute Gasteiger partial charge is 0.440 e. The Bertz CT molecular complexity index is 448. The van der Waals surface area contributed by atoms with Gasteiger partial charge < -0.3 is 9.73 Å². The van der Waals surface area contributed by atoms with Crippen LogP contribution in [0.1, 0.15) is 11.3 Å². The summed E-state index contributed by atoms with van der Waals surface area (Å²) in [7, 11) is 1.88. The Morgan fingerprint density at radius 3 is 2.87 bits per heavy atom. The lowest BCUT2D eigenvalue weighted by Crippen LogP contribution is -2.03. The average molecular weight is 202 g/mol. The Balaban J connectivity index is 2.33. The minimum atomic E-state index is 0.693. The Morgan fingerprint density at radius 2 is 2.13 bits per heavy atom. The van der Waals surface area contributed by atoms with Crippen LogP contribution in [0.3, 0.4) is 0 Å². The summed E-state index contributed by atoms with van der Waals surface area (Å²) in [5, 5.41) is 3.03. The van der Waals surface area contributed by atoms with E-state index < -0.39 is 0 Å². The number of aryl methyl sites for hydroxylation is 1. The molecule has 2 rings (SSSR count). The van der Waals surface area contributed by atoms with Crippen LogP contribution in [0.2, 0.25) is 0 Å². The van der Waals surface area contributed by atoms with Crippen molar-refractivity contribution < 1.29 is 4.42 Å². The van der Waals surface area contributed by atoms with E-state index in [4.69, 9.17) is 4.42 Å². The van der Waals surface area contributed by atoms with Crippen LogP contribution >= 0.6 is 0 Å². The number of nitrogens with zero attached hydrogens (tertiary/aromatic N) is 1. The summed E-state index contributed by atoms with van der Waals surface area (Å²) in [5.41, 5.74) is 2.23. The van der Waals surface area contributed by atoms with Gasteiger partial charge in [0.25, 0.3) is 0 Å². The lowest BCUT2D eigenvalue weighted by Gasteiger charge is -1.99. The van der Waals surface area contributed by atoms with Crippen LogP contribution in [-0.2, 0) is 6.54 Å². The van der Waals surface area contributed by atoms with Crippen LogP contribution in [0.15, 0.2) is 34.9 Å². The predicted molar refractivity (Wildman–Crippen MR) is 59.4 cm³/mol. The highest BCUT2D eigenvalue weighted by Gasteiger charge is 2.07. The summed E-state index contributed by atoms with van der Waals surface area (Å²) in [5.74, 6) is 1.55. The quantitative estimate of drug-likeness (QED) is 0.830. The predicted octanol–water partition coefficient (Wildman–Crippen LogP) is 2.37. The Kier molecular flexibility index (Phi) is 2.83. The molecule has 15 heavy (non-hydrogen) atoms. The monoisotopic (exact) mass is 202 g/mol. The Morgan fingerprint density at radius 1 is 1.33 bits per heavy atom. The number of rotatable bonds is 3. The van der Waals surface area contributed by atoms with Gasteiger partial charge in [0, 0.05) is 5.56 Å². The molecule has 0 saturated carbocycles. The lowest BCUT2D eigenvalue weighted by atomic mass is 10.1. The molecule has 0 fully saturated rings. The number of benzene rings is 1. The summed E-state index contributed by atoms with van der Waals surface area (Å²) in [6, 6.07) is 8.07. The molecule has 0 saturated heterocycles. The molecular formula is C12H14N2O. The van der Waals surface area contributed by atoms with Crippen molar-refractivity contribution >= 4 is 0 Å². The van der Waals surface area contributed by atoms with Gasteiger partial charge in [-0.2, -0.15) is 0 Å². The standard InChI is InChI=1S/C12H14N2O/c1-9-5-3-4-6-11(9)12-14-8-10(15-12)7-13-2/h3-6,8,13H,7H2,1-2H3. The molecule has 3 nitrogen and oxygen atoms in total. The van der Waals surface area contributed by atoms with Gasteiger partial charge in [0.15, 0.2) is 0 Å². The number of hydrogen-bond acceptors (Lipinski definition) is 3. The maximum absolute atomic E-state index is 5.62. The van der Waals surface area contributed by atoms with E-state index in [1.165, 1.54) is 5.56 Å². The van der Waals surface area contributed by atoms with Gasteiger partial charge in [-0.25, -0.2) is 4.98 Å². The number of aromatic nitrogens is 1. The summed E-state index contributed by atoms with van der Waals surface area (Å²) in [6.07, 6.45) is 1.76. The molecule has 78 valence electrons. The highest BCUT2D eigenvalue weighted by atomic mass is 16.4. The Hall–Kier alpha value is -1.61. The third-order valence-corrected chi connectivity index (χ3v) is 2.28. The van der Waals surface area contributed by atoms with Crippen molar-refractivity contribution in [3.05, 3.63) is 41.8 Å². The molecule has 0 unspecified atom stereocenters. The normalized spacial score (nSPS) is 10.5. The summed E-state index contributed by atoms with van der Waals surface area (Å²) >= 11 is 0. The highest BCUT2D eigenvalue weighted by molar-refractivity contribution is 5.57. The summed E-state index contributed by atoms with van der Waals surface area (Å²) < 4.78 is 5.62. The second-order valence-electron chi connectivity index (χ2n) is 3.48. The lowest BCUT2D eigenvalue weighted by molar-refractivity contribution is 0.503.